The maximum atomic E-state index is 5.54. The van der Waals surface area contributed by atoms with Crippen LogP contribution in [0, 0.1) is 5.92 Å². The van der Waals surface area contributed by atoms with Gasteiger partial charge in [0.25, 0.3) is 0 Å². The van der Waals surface area contributed by atoms with E-state index in [9.17, 15) is 0 Å². The third-order valence-corrected chi connectivity index (χ3v) is 6.29. The van der Waals surface area contributed by atoms with Gasteiger partial charge in [-0.15, -0.1) is 24.0 Å². The Balaban J connectivity index is 0.00000306. The van der Waals surface area contributed by atoms with Crippen molar-refractivity contribution in [1.29, 1.82) is 0 Å². The van der Waals surface area contributed by atoms with Crippen molar-refractivity contribution in [3.63, 3.8) is 0 Å². The minimum absolute atomic E-state index is 0. The molecule has 1 unspecified atom stereocenters. The average molecular weight is 569 g/mol. The Morgan fingerprint density at radius 1 is 1.15 bits per heavy atom. The Morgan fingerprint density at radius 3 is 2.64 bits per heavy atom. The smallest absolute Gasteiger partial charge is 0.191 e. The van der Waals surface area contributed by atoms with Gasteiger partial charge in [-0.1, -0.05) is 12.1 Å². The third kappa shape index (κ3) is 8.50. The number of hydrogen-bond acceptors (Lipinski definition) is 5. The summed E-state index contributed by atoms with van der Waals surface area (Å²) in [5, 5.41) is 7.17. The Kier molecular flexibility index (Phi) is 10.8. The molecule has 3 heterocycles. The summed E-state index contributed by atoms with van der Waals surface area (Å²) in [5.41, 5.74) is 1.16. The van der Waals surface area contributed by atoms with Gasteiger partial charge in [0.15, 0.2) is 5.96 Å². The van der Waals surface area contributed by atoms with Crippen molar-refractivity contribution in [2.24, 2.45) is 10.9 Å². The number of piperidine rings is 1. The molecule has 2 aliphatic rings. The van der Waals surface area contributed by atoms with Gasteiger partial charge >= 0.3 is 0 Å². The highest BCUT2D eigenvalue weighted by Gasteiger charge is 2.24. The molecule has 0 aliphatic carbocycles. The first-order valence-corrected chi connectivity index (χ1v) is 11.8. The number of rotatable bonds is 9. The quantitative estimate of drug-likeness (QED) is 0.273. The number of nitrogens with zero attached hydrogens (tertiary/aromatic N) is 2. The zero-order valence-corrected chi connectivity index (χ0v) is 21.8. The van der Waals surface area contributed by atoms with Crippen LogP contribution in [0.15, 0.2) is 52.1 Å². The number of ether oxygens (including phenoxy) is 2. The van der Waals surface area contributed by atoms with Gasteiger partial charge in [-0.2, -0.15) is 0 Å². The number of guanidine groups is 1. The molecular weight excluding hydrogens is 531 g/mol. The predicted octanol–water partition coefficient (Wildman–Crippen LogP) is 3.69. The van der Waals surface area contributed by atoms with Gasteiger partial charge in [0, 0.05) is 45.2 Å². The van der Waals surface area contributed by atoms with Crippen molar-refractivity contribution in [1.82, 2.24) is 15.5 Å². The molecule has 1 atom stereocenters. The highest BCUT2D eigenvalue weighted by molar-refractivity contribution is 14.0. The lowest BCUT2D eigenvalue weighted by Gasteiger charge is -2.34. The first-order valence-electron chi connectivity index (χ1n) is 11.8. The molecule has 1 aromatic carbocycles. The van der Waals surface area contributed by atoms with Crippen molar-refractivity contribution in [2.45, 2.75) is 38.3 Å². The van der Waals surface area contributed by atoms with Gasteiger partial charge in [0.2, 0.25) is 0 Å². The molecule has 33 heavy (non-hydrogen) atoms. The standard InChI is InChI=1S/C25H36N4O3.HI/c1-30-23-6-4-20(5-7-23)17-27-25(26-12-8-24-3-2-15-32-24)28-22-9-13-29(14-10-22)18-21-11-16-31-19-21;/h2-7,15,21-22H,8-14,16-19H2,1H3,(H2,26,27,28);1H. The summed E-state index contributed by atoms with van der Waals surface area (Å²) in [6.07, 6.45) is 6.03. The number of aliphatic imine (C=N–C) groups is 1. The lowest BCUT2D eigenvalue weighted by molar-refractivity contribution is 0.150. The Bertz CT molecular complexity index is 815. The molecule has 8 heteroatoms. The number of likely N-dealkylation sites (tertiary alicyclic amines) is 1. The van der Waals surface area contributed by atoms with Gasteiger partial charge in [0.1, 0.15) is 11.5 Å². The first kappa shape index (κ1) is 25.8. The second kappa shape index (κ2) is 13.8. The normalized spacial score (nSPS) is 19.8. The number of benzene rings is 1. The molecule has 0 spiro atoms. The summed E-state index contributed by atoms with van der Waals surface area (Å²) in [6, 6.07) is 12.5. The molecule has 0 bridgehead atoms. The first-order chi connectivity index (χ1) is 15.8. The predicted molar refractivity (Wildman–Crippen MR) is 141 cm³/mol. The summed E-state index contributed by atoms with van der Waals surface area (Å²) >= 11 is 0. The molecule has 0 radical (unpaired) electrons. The van der Waals surface area contributed by atoms with E-state index in [2.05, 4.69) is 27.7 Å². The minimum atomic E-state index is 0. The van der Waals surface area contributed by atoms with Crippen molar-refractivity contribution < 1.29 is 13.9 Å². The van der Waals surface area contributed by atoms with E-state index in [1.165, 1.54) is 13.0 Å². The van der Waals surface area contributed by atoms with E-state index in [1.807, 2.05) is 24.3 Å². The Hall–Kier alpha value is -1.78. The number of halogens is 1. The van der Waals surface area contributed by atoms with E-state index < -0.39 is 0 Å². The Labute approximate surface area is 214 Å². The summed E-state index contributed by atoms with van der Waals surface area (Å²) in [5.74, 6) is 3.43. The number of hydrogen-bond donors (Lipinski definition) is 2. The topological polar surface area (TPSA) is 71.3 Å². The minimum Gasteiger partial charge on any atom is -0.497 e. The zero-order chi connectivity index (χ0) is 22.0. The monoisotopic (exact) mass is 568 g/mol. The fraction of sp³-hybridized carbons (Fsp3) is 0.560. The van der Waals surface area contributed by atoms with E-state index >= 15 is 0 Å². The van der Waals surface area contributed by atoms with E-state index in [0.29, 0.717) is 18.5 Å². The van der Waals surface area contributed by atoms with Crippen LogP contribution in [0.5, 0.6) is 5.75 Å². The highest BCUT2D eigenvalue weighted by Crippen LogP contribution is 2.18. The van der Waals surface area contributed by atoms with Crippen LogP contribution in [0.25, 0.3) is 0 Å². The second-order valence-electron chi connectivity index (χ2n) is 8.72. The van der Waals surface area contributed by atoms with Gasteiger partial charge in [0.05, 0.1) is 26.5 Å². The summed E-state index contributed by atoms with van der Waals surface area (Å²) in [6.45, 7) is 6.70. The fourth-order valence-electron chi connectivity index (χ4n) is 4.36. The molecule has 1 aromatic heterocycles. The van der Waals surface area contributed by atoms with Crippen LogP contribution in [0.2, 0.25) is 0 Å². The third-order valence-electron chi connectivity index (χ3n) is 6.29. The zero-order valence-electron chi connectivity index (χ0n) is 19.5. The molecule has 2 saturated heterocycles. The number of furan rings is 1. The number of nitrogens with one attached hydrogen (secondary N) is 2. The summed E-state index contributed by atoms with van der Waals surface area (Å²) in [7, 11) is 1.69. The lowest BCUT2D eigenvalue weighted by Crippen LogP contribution is -2.49. The van der Waals surface area contributed by atoms with Crippen LogP contribution in [0.3, 0.4) is 0 Å². The molecule has 7 nitrogen and oxygen atoms in total. The maximum absolute atomic E-state index is 5.54. The fourth-order valence-corrected chi connectivity index (χ4v) is 4.36. The SMILES string of the molecule is COc1ccc(CN=C(NCCc2ccco2)NC2CCN(CC3CCOC3)CC2)cc1.I. The second-order valence-corrected chi connectivity index (χ2v) is 8.72. The summed E-state index contributed by atoms with van der Waals surface area (Å²) < 4.78 is 16.2. The maximum Gasteiger partial charge on any atom is 0.191 e. The molecular formula is C25H37IN4O3. The van der Waals surface area contributed by atoms with Crippen LogP contribution in [-0.2, 0) is 17.7 Å². The average Bonchev–Trinajstić information content (AvgIpc) is 3.53. The molecule has 2 aliphatic heterocycles. The molecule has 0 saturated carbocycles. The van der Waals surface area contributed by atoms with Crippen LogP contribution in [-0.4, -0.2) is 63.4 Å². The van der Waals surface area contributed by atoms with Crippen LogP contribution < -0.4 is 15.4 Å². The van der Waals surface area contributed by atoms with Crippen molar-refractivity contribution in [3.05, 3.63) is 54.0 Å². The van der Waals surface area contributed by atoms with E-state index in [1.54, 1.807) is 13.4 Å². The molecule has 182 valence electrons. The van der Waals surface area contributed by atoms with Crippen LogP contribution in [0.4, 0.5) is 0 Å². The lowest BCUT2D eigenvalue weighted by atomic mass is 10.0. The highest BCUT2D eigenvalue weighted by atomic mass is 127. The van der Waals surface area contributed by atoms with Crippen molar-refractivity contribution in [2.75, 3.05) is 46.5 Å². The van der Waals surface area contributed by atoms with Gasteiger partial charge in [-0.05, 0) is 55.0 Å². The van der Waals surface area contributed by atoms with Crippen LogP contribution >= 0.6 is 24.0 Å². The molecule has 2 N–H and O–H groups in total. The largest absolute Gasteiger partial charge is 0.497 e. The van der Waals surface area contributed by atoms with Crippen LogP contribution in [0.1, 0.15) is 30.6 Å². The Morgan fingerprint density at radius 2 is 1.97 bits per heavy atom. The van der Waals surface area contributed by atoms with E-state index in [-0.39, 0.29) is 24.0 Å². The number of methoxy groups -OCH3 is 1. The van der Waals surface area contributed by atoms with Crippen molar-refractivity contribution in [3.8, 4) is 5.75 Å². The molecule has 4 rings (SSSR count). The molecule has 2 fully saturated rings. The van der Waals surface area contributed by atoms with Gasteiger partial charge < -0.3 is 29.4 Å². The molecule has 0 amide bonds. The van der Waals surface area contributed by atoms with E-state index in [4.69, 9.17) is 18.9 Å². The van der Waals surface area contributed by atoms with Gasteiger partial charge in [-0.3, -0.25) is 0 Å². The summed E-state index contributed by atoms with van der Waals surface area (Å²) in [4.78, 5) is 7.45. The van der Waals surface area contributed by atoms with E-state index in [0.717, 1.165) is 75.1 Å². The molecule has 2 aromatic rings. The van der Waals surface area contributed by atoms with Gasteiger partial charge in [-0.25, -0.2) is 4.99 Å². The van der Waals surface area contributed by atoms with Crippen molar-refractivity contribution >= 4 is 29.9 Å².